The van der Waals surface area contributed by atoms with Gasteiger partial charge in [-0.3, -0.25) is 15.2 Å². The molecule has 1 aliphatic heterocycles. The summed E-state index contributed by atoms with van der Waals surface area (Å²) in [7, 11) is 0. The Labute approximate surface area is 232 Å². The number of nitrogens with one attached hydrogen (secondary N) is 3. The lowest BCUT2D eigenvalue weighted by atomic mass is 10.0. The Hall–Kier alpha value is -5.31. The summed E-state index contributed by atoms with van der Waals surface area (Å²) in [6.45, 7) is 0.575. The van der Waals surface area contributed by atoms with Crippen molar-refractivity contribution in [3.63, 3.8) is 0 Å². The number of halogens is 1. The van der Waals surface area contributed by atoms with Crippen LogP contribution in [0, 0.1) is 5.41 Å². The van der Waals surface area contributed by atoms with Gasteiger partial charge in [-0.05, 0) is 48.0 Å². The van der Waals surface area contributed by atoms with Gasteiger partial charge < -0.3 is 30.4 Å². The van der Waals surface area contributed by atoms with E-state index in [4.69, 9.17) is 35.3 Å². The molecule has 0 amide bonds. The lowest BCUT2D eigenvalue weighted by molar-refractivity contribution is -0.134. The Morgan fingerprint density at radius 2 is 2.00 bits per heavy atom. The average molecular weight is 567 g/mol. The van der Waals surface area contributed by atoms with Crippen LogP contribution in [0.4, 0.5) is 10.1 Å². The predicted molar refractivity (Wildman–Crippen MR) is 144 cm³/mol. The van der Waals surface area contributed by atoms with Crippen molar-refractivity contribution < 1.29 is 28.5 Å². The molecule has 0 saturated heterocycles. The number of aliphatic carboxylic acids is 1. The third-order valence-electron chi connectivity index (χ3n) is 5.52. The zero-order valence-electron chi connectivity index (χ0n) is 21.8. The molecule has 14 nitrogen and oxygen atoms in total. The minimum absolute atomic E-state index is 0.0529. The van der Waals surface area contributed by atoms with Crippen LogP contribution in [-0.2, 0) is 16.1 Å². The molecule has 0 spiro atoms. The molecule has 0 saturated carbocycles. The molecule has 41 heavy (non-hydrogen) atoms. The quantitative estimate of drug-likeness (QED) is 0.147. The molecule has 3 heterocycles. The van der Waals surface area contributed by atoms with Crippen LogP contribution in [0.3, 0.4) is 0 Å². The molecule has 5 rings (SSSR count). The van der Waals surface area contributed by atoms with Crippen LogP contribution in [0.15, 0.2) is 59.7 Å². The van der Waals surface area contributed by atoms with E-state index in [1.807, 2.05) is 6.07 Å². The van der Waals surface area contributed by atoms with Gasteiger partial charge in [-0.2, -0.15) is 0 Å². The van der Waals surface area contributed by atoms with Crippen molar-refractivity contribution >= 4 is 17.5 Å². The number of alkyl halides is 1. The number of rotatable bonds is 9. The van der Waals surface area contributed by atoms with Crippen LogP contribution < -0.4 is 26.2 Å². The van der Waals surface area contributed by atoms with Gasteiger partial charge in [0.25, 0.3) is 11.9 Å². The van der Waals surface area contributed by atoms with E-state index in [1.165, 1.54) is 12.4 Å². The van der Waals surface area contributed by atoms with Gasteiger partial charge in [0.05, 0.1) is 6.61 Å². The Morgan fingerprint density at radius 1 is 1.29 bits per heavy atom. The number of carboxylic acids is 1. The number of anilines is 1. The summed E-state index contributed by atoms with van der Waals surface area (Å²) in [6.07, 6.45) is 3.01. The van der Waals surface area contributed by atoms with Crippen molar-refractivity contribution in [2.75, 3.05) is 25.4 Å². The minimum Gasteiger partial charge on any atom is -0.487 e. The number of amidine groups is 1. The molecule has 0 radical (unpaired) electrons. The molecular weight excluding hydrogens is 539 g/mol. The lowest BCUT2D eigenvalue weighted by Crippen LogP contribution is -2.18. The number of hydrogen-bond donors (Lipinski definition) is 5. The monoisotopic (exact) mass is 566 g/mol. The second-order valence-corrected chi connectivity index (χ2v) is 8.52. The van der Waals surface area contributed by atoms with Crippen LogP contribution in [0.1, 0.15) is 35.5 Å². The maximum absolute atomic E-state index is 12.9. The van der Waals surface area contributed by atoms with E-state index in [0.717, 1.165) is 11.6 Å². The average Bonchev–Trinajstić information content (AvgIpc) is 3.36. The minimum atomic E-state index is -0.833. The number of aromatic amines is 1. The number of nitrogen functional groups attached to an aromatic ring is 1. The van der Waals surface area contributed by atoms with Gasteiger partial charge in [0.1, 0.15) is 25.2 Å². The molecule has 2 aromatic heterocycles. The highest BCUT2D eigenvalue weighted by Crippen LogP contribution is 2.39. The summed E-state index contributed by atoms with van der Waals surface area (Å²) in [5.41, 5.74) is 7.62. The van der Waals surface area contributed by atoms with Gasteiger partial charge in [-0.25, -0.2) is 19.2 Å². The fraction of sp³-hybridized carbons (Fsp3) is 0.231. The van der Waals surface area contributed by atoms with Crippen molar-refractivity contribution in [1.82, 2.24) is 24.7 Å². The van der Waals surface area contributed by atoms with Gasteiger partial charge >= 0.3 is 5.69 Å². The number of hydrogen-bond acceptors (Lipinski definition) is 10. The normalized spacial score (nSPS) is 12.6. The maximum atomic E-state index is 12.9. The molecule has 6 N–H and O–H groups in total. The van der Waals surface area contributed by atoms with Crippen molar-refractivity contribution in [2.24, 2.45) is 5.73 Å². The lowest BCUT2D eigenvalue weighted by Gasteiger charge is -2.24. The number of H-pyrrole nitrogens is 1. The number of carbonyl (C=O) groups is 1. The first-order chi connectivity index (χ1) is 19.8. The zero-order valence-corrected chi connectivity index (χ0v) is 21.8. The predicted octanol–water partition coefficient (Wildman–Crippen LogP) is 2.14. The molecule has 15 heteroatoms. The third kappa shape index (κ3) is 7.21. The van der Waals surface area contributed by atoms with Crippen LogP contribution in [-0.4, -0.2) is 61.7 Å². The highest BCUT2D eigenvalue weighted by Gasteiger charge is 2.26. The smallest absolute Gasteiger partial charge is 0.350 e. The molecular formula is C26H27FN8O6. The molecule has 2 aromatic carbocycles. The summed E-state index contributed by atoms with van der Waals surface area (Å²) in [5.74, 6) is 0.310. The second kappa shape index (κ2) is 13.2. The molecule has 4 aromatic rings. The number of nitrogens with two attached hydrogens (primary N) is 1. The zero-order chi connectivity index (χ0) is 29.4. The Bertz CT molecular complexity index is 1550. The third-order valence-corrected chi connectivity index (χ3v) is 5.52. The van der Waals surface area contributed by atoms with Gasteiger partial charge in [0.2, 0.25) is 0 Å². The summed E-state index contributed by atoms with van der Waals surface area (Å²) in [6, 6.07) is 11.4. The van der Waals surface area contributed by atoms with E-state index in [-0.39, 0.29) is 37.6 Å². The number of fused-ring (bicyclic) bond motifs is 1. The number of benzene rings is 2. The van der Waals surface area contributed by atoms with Gasteiger partial charge in [-0.1, -0.05) is 0 Å². The van der Waals surface area contributed by atoms with Crippen LogP contribution >= 0.6 is 0 Å². The number of carboxylic acid groups (broad SMARTS) is 1. The summed E-state index contributed by atoms with van der Waals surface area (Å²) in [4.78, 5) is 32.8. The number of nitrogens with zero attached hydrogens (tertiary/aromatic N) is 4. The van der Waals surface area contributed by atoms with E-state index < -0.39 is 24.4 Å². The first kappa shape index (κ1) is 28.7. The number of ether oxygens (including phenoxy) is 3. The van der Waals surface area contributed by atoms with Crippen LogP contribution in [0.2, 0.25) is 0 Å². The molecule has 0 fully saturated rings. The van der Waals surface area contributed by atoms with E-state index in [9.17, 15) is 9.18 Å². The Kier molecular flexibility index (Phi) is 9.21. The molecule has 214 valence electrons. The van der Waals surface area contributed by atoms with Crippen molar-refractivity contribution in [2.45, 2.75) is 19.6 Å². The fourth-order valence-electron chi connectivity index (χ4n) is 3.86. The Balaban J connectivity index is 0.000000909. The first-order valence-electron chi connectivity index (χ1n) is 12.2. The molecule has 1 unspecified atom stereocenters. The molecule has 1 aliphatic rings. The van der Waals surface area contributed by atoms with E-state index >= 15 is 0 Å². The second-order valence-electron chi connectivity index (χ2n) is 8.52. The van der Waals surface area contributed by atoms with Crippen molar-refractivity contribution in [1.29, 1.82) is 5.41 Å². The summed E-state index contributed by atoms with van der Waals surface area (Å²) < 4.78 is 30.7. The maximum Gasteiger partial charge on any atom is 0.350 e. The van der Waals surface area contributed by atoms with E-state index in [2.05, 4.69) is 25.4 Å². The molecule has 0 bridgehead atoms. The van der Waals surface area contributed by atoms with Gasteiger partial charge in [0, 0.05) is 36.1 Å². The van der Waals surface area contributed by atoms with Gasteiger partial charge in [0.15, 0.2) is 24.1 Å². The fourth-order valence-corrected chi connectivity index (χ4v) is 3.86. The molecule has 0 aliphatic carbocycles. The SMILES string of the molecule is CC(=O)O.N=C(N)c1ccc(NC(c2cc3c(c(OCCF)c2)OCOC3)c2nn(-c3ncccn3)c(=O)[nH]2)cc1. The Morgan fingerprint density at radius 3 is 2.66 bits per heavy atom. The number of aromatic nitrogens is 5. The summed E-state index contributed by atoms with van der Waals surface area (Å²) >= 11 is 0. The summed E-state index contributed by atoms with van der Waals surface area (Å²) in [5, 5.41) is 22.8. The highest BCUT2D eigenvalue weighted by atomic mass is 19.1. The van der Waals surface area contributed by atoms with Crippen LogP contribution in [0.5, 0.6) is 11.5 Å². The molecule has 1 atom stereocenters. The van der Waals surface area contributed by atoms with Crippen LogP contribution in [0.25, 0.3) is 5.95 Å². The van der Waals surface area contributed by atoms with E-state index in [1.54, 1.807) is 36.4 Å². The van der Waals surface area contributed by atoms with E-state index in [0.29, 0.717) is 33.9 Å². The van der Waals surface area contributed by atoms with Crippen molar-refractivity contribution in [3.8, 4) is 17.4 Å². The van der Waals surface area contributed by atoms with Crippen molar-refractivity contribution in [3.05, 3.63) is 87.9 Å². The first-order valence-corrected chi connectivity index (χ1v) is 12.2. The topological polar surface area (TPSA) is 203 Å². The standard InChI is InChI=1S/C24H23FN8O4.C2H4O2/c25-6-9-36-18-11-15(10-16-12-35-13-37-20(16)18)19(30-17-4-2-14(3-5-17)21(26)27)22-31-24(34)33(32-22)23-28-7-1-8-29-23;1-2(3)4/h1-5,7-8,10-11,19,30H,6,9,12-13H2,(H3,26,27)(H,31,32,34);1H3,(H,3,4). The highest BCUT2D eigenvalue weighted by molar-refractivity contribution is 5.95. The van der Waals surface area contributed by atoms with Gasteiger partial charge in [-0.15, -0.1) is 9.78 Å². The largest absolute Gasteiger partial charge is 0.487 e.